The van der Waals surface area contributed by atoms with Gasteiger partial charge in [0.2, 0.25) is 17.8 Å². The summed E-state index contributed by atoms with van der Waals surface area (Å²) in [5, 5.41) is 57.2. The number of aliphatic hydroxyl groups excluding tert-OH is 6. The van der Waals surface area contributed by atoms with E-state index in [1.807, 2.05) is 0 Å². The fourth-order valence-electron chi connectivity index (χ4n) is 2.35. The largest absolute Gasteiger partial charge is 0.506 e. The molecule has 0 radical (unpaired) electrons. The number of carbonyl (C=O) groups excluding carboxylic acids is 1. The second-order valence-electron chi connectivity index (χ2n) is 5.26. The molecule has 2 aliphatic heterocycles. The fourth-order valence-corrected chi connectivity index (χ4v) is 2.35. The Bertz CT molecular complexity index is 462. The molecule has 1 saturated heterocycles. The Labute approximate surface area is 131 Å². The number of carbonyl (C=O) groups is 1. The van der Waals surface area contributed by atoms with Gasteiger partial charge in [-0.05, 0) is 0 Å². The minimum atomic E-state index is -1.71. The van der Waals surface area contributed by atoms with Crippen LogP contribution in [0.5, 0.6) is 0 Å². The Balaban J connectivity index is 2.18. The highest BCUT2D eigenvalue weighted by atomic mass is 16.7. The van der Waals surface area contributed by atoms with Gasteiger partial charge in [-0.3, -0.25) is 4.79 Å². The van der Waals surface area contributed by atoms with Crippen LogP contribution in [-0.4, -0.2) is 93.1 Å². The molecule has 6 N–H and O–H groups in total. The van der Waals surface area contributed by atoms with Crippen molar-refractivity contribution < 1.29 is 49.6 Å². The van der Waals surface area contributed by atoms with E-state index in [4.69, 9.17) is 24.4 Å². The van der Waals surface area contributed by atoms with Crippen LogP contribution >= 0.6 is 0 Å². The first-order valence-corrected chi connectivity index (χ1v) is 7.06. The van der Waals surface area contributed by atoms with Crippen molar-refractivity contribution in [2.45, 2.75) is 43.2 Å². The highest BCUT2D eigenvalue weighted by molar-refractivity contribution is 5.95. The van der Waals surface area contributed by atoms with Gasteiger partial charge in [-0.1, -0.05) is 0 Å². The molecule has 132 valence electrons. The molecule has 0 aromatic rings. The van der Waals surface area contributed by atoms with Crippen molar-refractivity contribution in [2.24, 2.45) is 0 Å². The van der Waals surface area contributed by atoms with E-state index in [-0.39, 0.29) is 13.0 Å². The van der Waals surface area contributed by atoms with Gasteiger partial charge >= 0.3 is 0 Å². The van der Waals surface area contributed by atoms with Gasteiger partial charge in [0.1, 0.15) is 37.1 Å². The predicted molar refractivity (Wildman–Crippen MR) is 71.0 cm³/mol. The summed E-state index contributed by atoms with van der Waals surface area (Å²) in [6.07, 6.45) is -8.65. The Hall–Kier alpha value is -1.27. The maximum atomic E-state index is 11.8. The van der Waals surface area contributed by atoms with E-state index in [0.717, 1.165) is 0 Å². The lowest BCUT2D eigenvalue weighted by molar-refractivity contribution is -0.292. The molecule has 0 aliphatic carbocycles. The van der Waals surface area contributed by atoms with Crippen LogP contribution < -0.4 is 0 Å². The second kappa shape index (κ2) is 7.53. The highest BCUT2D eigenvalue weighted by Gasteiger charge is 2.46. The van der Waals surface area contributed by atoms with Crippen LogP contribution in [0.15, 0.2) is 11.5 Å². The molecule has 2 rings (SSSR count). The zero-order valence-corrected chi connectivity index (χ0v) is 12.1. The summed E-state index contributed by atoms with van der Waals surface area (Å²) in [5.74, 6) is -1.79. The van der Waals surface area contributed by atoms with Crippen LogP contribution in [0, 0.1) is 0 Å². The quantitative estimate of drug-likeness (QED) is 0.303. The van der Waals surface area contributed by atoms with E-state index in [1.165, 1.54) is 0 Å². The number of ketones is 1. The average molecular weight is 336 g/mol. The summed E-state index contributed by atoms with van der Waals surface area (Å²) in [6, 6.07) is 0. The Morgan fingerprint density at radius 3 is 2.43 bits per heavy atom. The van der Waals surface area contributed by atoms with Gasteiger partial charge in [0.15, 0.2) is 5.76 Å². The molecule has 4 unspecified atom stereocenters. The lowest BCUT2D eigenvalue weighted by atomic mass is 9.99. The van der Waals surface area contributed by atoms with Gasteiger partial charge in [-0.2, -0.15) is 0 Å². The van der Waals surface area contributed by atoms with Crippen LogP contribution in [0.25, 0.3) is 0 Å². The van der Waals surface area contributed by atoms with Crippen molar-refractivity contribution in [1.29, 1.82) is 0 Å². The highest BCUT2D eigenvalue weighted by Crippen LogP contribution is 2.27. The van der Waals surface area contributed by atoms with Crippen molar-refractivity contribution in [1.82, 2.24) is 0 Å². The molecule has 0 amide bonds. The van der Waals surface area contributed by atoms with Crippen molar-refractivity contribution in [2.75, 3.05) is 19.8 Å². The van der Waals surface area contributed by atoms with Crippen LogP contribution in [-0.2, 0) is 19.0 Å². The van der Waals surface area contributed by atoms with Crippen LogP contribution in [0.1, 0.15) is 6.42 Å². The fraction of sp³-hybridized carbons (Fsp3) is 0.769. The van der Waals surface area contributed by atoms with Crippen molar-refractivity contribution in [3.63, 3.8) is 0 Å². The third kappa shape index (κ3) is 3.63. The molecular weight excluding hydrogens is 316 g/mol. The number of hydrogen-bond donors (Lipinski definition) is 6. The second-order valence-corrected chi connectivity index (χ2v) is 5.26. The number of ether oxygens (including phenoxy) is 3. The van der Waals surface area contributed by atoms with Gasteiger partial charge in [-0.15, -0.1) is 0 Å². The smallest absolute Gasteiger partial charge is 0.229 e. The van der Waals surface area contributed by atoms with Crippen LogP contribution in [0.2, 0.25) is 0 Å². The molecule has 23 heavy (non-hydrogen) atoms. The molecule has 0 aromatic carbocycles. The zero-order valence-electron chi connectivity index (χ0n) is 12.1. The molecule has 1 fully saturated rings. The van der Waals surface area contributed by atoms with E-state index in [0.29, 0.717) is 0 Å². The molecule has 2 aliphatic rings. The molecule has 10 nitrogen and oxygen atoms in total. The monoisotopic (exact) mass is 336 g/mol. The first kappa shape index (κ1) is 18.1. The van der Waals surface area contributed by atoms with Gasteiger partial charge in [0, 0.05) is 13.0 Å². The summed E-state index contributed by atoms with van der Waals surface area (Å²) in [7, 11) is 0. The maximum absolute atomic E-state index is 11.8. The average Bonchev–Trinajstić information content (AvgIpc) is 2.54. The normalized spacial score (nSPS) is 38.7. The topological polar surface area (TPSA) is 166 Å². The Morgan fingerprint density at radius 2 is 1.83 bits per heavy atom. The summed E-state index contributed by atoms with van der Waals surface area (Å²) >= 11 is 0. The third-order valence-electron chi connectivity index (χ3n) is 3.68. The van der Waals surface area contributed by atoms with E-state index >= 15 is 0 Å². The van der Waals surface area contributed by atoms with E-state index in [9.17, 15) is 25.2 Å². The maximum Gasteiger partial charge on any atom is 0.229 e. The van der Waals surface area contributed by atoms with Gasteiger partial charge < -0.3 is 44.8 Å². The Morgan fingerprint density at radius 1 is 1.13 bits per heavy atom. The zero-order chi connectivity index (χ0) is 17.1. The SMILES string of the molecule is O=C1CO[C@H](CCO)C(O)=C1O[C@@H]1OC(CO)C(O)C(O)C1O. The number of rotatable bonds is 5. The molecule has 10 heteroatoms. The van der Waals surface area contributed by atoms with Crippen LogP contribution in [0.4, 0.5) is 0 Å². The molecule has 6 atom stereocenters. The van der Waals surface area contributed by atoms with Crippen molar-refractivity contribution in [3.05, 3.63) is 11.5 Å². The summed E-state index contributed by atoms with van der Waals surface area (Å²) in [4.78, 5) is 11.8. The lowest BCUT2D eigenvalue weighted by Gasteiger charge is -2.40. The first-order valence-electron chi connectivity index (χ1n) is 7.06. The summed E-state index contributed by atoms with van der Waals surface area (Å²) < 4.78 is 15.3. The van der Waals surface area contributed by atoms with Gasteiger partial charge in [0.05, 0.1) is 6.61 Å². The molecule has 0 spiro atoms. The standard InChI is InChI=1S/C13H20O10/c14-2-1-6-9(18)12(5(16)4-21-6)23-13-11(20)10(19)8(17)7(3-15)22-13/h6-8,10-11,13-15,17-20H,1-4H2/t6-,7?,8?,10?,11?,13+/m1/s1. The van der Waals surface area contributed by atoms with E-state index < -0.39 is 67.3 Å². The predicted octanol–water partition coefficient (Wildman–Crippen LogP) is -3.08. The number of hydrogen-bond acceptors (Lipinski definition) is 10. The van der Waals surface area contributed by atoms with Gasteiger partial charge in [-0.25, -0.2) is 0 Å². The van der Waals surface area contributed by atoms with Crippen molar-refractivity contribution in [3.8, 4) is 0 Å². The number of Topliss-reactive ketones (excluding diaryl/α,β-unsaturated/α-hetero) is 1. The Kier molecular flexibility index (Phi) is 5.92. The third-order valence-corrected chi connectivity index (χ3v) is 3.68. The molecule has 0 bridgehead atoms. The summed E-state index contributed by atoms with van der Waals surface area (Å²) in [6.45, 7) is -1.35. The van der Waals surface area contributed by atoms with E-state index in [1.54, 1.807) is 0 Å². The molecule has 0 aromatic heterocycles. The minimum Gasteiger partial charge on any atom is -0.506 e. The lowest BCUT2D eigenvalue weighted by Crippen LogP contribution is -2.59. The van der Waals surface area contributed by atoms with Crippen molar-refractivity contribution >= 4 is 5.78 Å². The number of aliphatic hydroxyl groups is 6. The molecule has 0 saturated carbocycles. The minimum absolute atomic E-state index is 0.0284. The first-order chi connectivity index (χ1) is 10.9. The molecular formula is C13H20O10. The van der Waals surface area contributed by atoms with E-state index in [2.05, 4.69) is 0 Å². The molecule has 2 heterocycles. The van der Waals surface area contributed by atoms with Crippen LogP contribution in [0.3, 0.4) is 0 Å². The summed E-state index contributed by atoms with van der Waals surface area (Å²) in [5.41, 5.74) is 0. The van der Waals surface area contributed by atoms with Gasteiger partial charge in [0.25, 0.3) is 0 Å².